The average molecular weight is 439 g/mol. The van der Waals surface area contributed by atoms with E-state index in [2.05, 4.69) is 20.5 Å². The molecule has 5 aromatic rings. The van der Waals surface area contributed by atoms with Crippen LogP contribution in [0, 0.1) is 0 Å². The molecule has 0 aliphatic heterocycles. The van der Waals surface area contributed by atoms with E-state index < -0.39 is 0 Å². The zero-order valence-electron chi connectivity index (χ0n) is 16.9. The molecule has 156 valence electrons. The van der Waals surface area contributed by atoms with Gasteiger partial charge in [0.25, 0.3) is 11.5 Å². The van der Waals surface area contributed by atoms with Gasteiger partial charge in [-0.2, -0.15) is 5.10 Å². The third-order valence-corrected chi connectivity index (χ3v) is 6.19. The maximum Gasteiger partial charge on any atom is 0.272 e. The van der Waals surface area contributed by atoms with Gasteiger partial charge in [0, 0.05) is 23.7 Å². The van der Waals surface area contributed by atoms with Gasteiger partial charge in [0.1, 0.15) is 0 Å². The Kier molecular flexibility index (Phi) is 5.31. The van der Waals surface area contributed by atoms with Crippen molar-refractivity contribution in [3.8, 4) is 10.6 Å². The molecule has 7 heteroatoms. The van der Waals surface area contributed by atoms with Crippen LogP contribution in [-0.4, -0.2) is 21.1 Å². The fraction of sp³-hybridized carbons (Fsp3) is 0.0400. The molecular weight excluding hydrogens is 420 g/mol. The molecule has 0 fully saturated rings. The fourth-order valence-electron chi connectivity index (χ4n) is 3.56. The third-order valence-electron chi connectivity index (χ3n) is 5.08. The number of hydrogen-bond donors (Lipinski definition) is 2. The first-order valence-electron chi connectivity index (χ1n) is 10.1. The van der Waals surface area contributed by atoms with Gasteiger partial charge >= 0.3 is 0 Å². The van der Waals surface area contributed by atoms with E-state index in [1.165, 1.54) is 11.3 Å². The highest BCUT2D eigenvalue weighted by Gasteiger charge is 2.12. The quantitative estimate of drug-likeness (QED) is 0.409. The van der Waals surface area contributed by atoms with E-state index in [4.69, 9.17) is 0 Å². The molecule has 2 aromatic carbocycles. The van der Waals surface area contributed by atoms with Crippen LogP contribution in [-0.2, 0) is 6.42 Å². The maximum atomic E-state index is 12.8. The monoisotopic (exact) mass is 438 g/mol. The maximum absolute atomic E-state index is 12.8. The molecule has 32 heavy (non-hydrogen) atoms. The highest BCUT2D eigenvalue weighted by molar-refractivity contribution is 7.17. The van der Waals surface area contributed by atoms with Gasteiger partial charge in [0.05, 0.1) is 26.5 Å². The second-order valence-corrected chi connectivity index (χ2v) is 8.34. The summed E-state index contributed by atoms with van der Waals surface area (Å²) in [7, 11) is 0. The smallest absolute Gasteiger partial charge is 0.272 e. The number of carbonyl (C=O) groups is 1. The van der Waals surface area contributed by atoms with Crippen molar-refractivity contribution in [3.05, 3.63) is 112 Å². The first kappa shape index (κ1) is 19.8. The van der Waals surface area contributed by atoms with E-state index in [1.807, 2.05) is 72.8 Å². The average Bonchev–Trinajstić information content (AvgIpc) is 3.33. The van der Waals surface area contributed by atoms with Crippen molar-refractivity contribution in [2.24, 2.45) is 0 Å². The van der Waals surface area contributed by atoms with Gasteiger partial charge < -0.3 is 5.32 Å². The predicted molar refractivity (Wildman–Crippen MR) is 127 cm³/mol. The minimum atomic E-state index is -0.202. The van der Waals surface area contributed by atoms with Gasteiger partial charge in [0.2, 0.25) is 0 Å². The number of pyridine rings is 1. The van der Waals surface area contributed by atoms with Crippen molar-refractivity contribution < 1.29 is 4.79 Å². The van der Waals surface area contributed by atoms with Crippen molar-refractivity contribution in [1.82, 2.24) is 15.2 Å². The molecular formula is C25H18N4O2S. The number of benzene rings is 2. The van der Waals surface area contributed by atoms with Gasteiger partial charge in [-0.1, -0.05) is 36.4 Å². The van der Waals surface area contributed by atoms with E-state index >= 15 is 0 Å². The standard InChI is InChI=1S/C25H18N4O2S/c30-24-19-9-2-1-8-18(19)21(28-29-24)15-16-6-5-7-17(14-16)27-25(31)23-12-11-22(32-23)20-10-3-4-13-26-20/h1-14H,15H2,(H,27,31)(H,29,30). The summed E-state index contributed by atoms with van der Waals surface area (Å²) in [6, 6.07) is 24.5. The van der Waals surface area contributed by atoms with E-state index in [0.29, 0.717) is 22.4 Å². The van der Waals surface area contributed by atoms with Crippen molar-refractivity contribution in [1.29, 1.82) is 0 Å². The van der Waals surface area contributed by atoms with Gasteiger partial charge in [-0.15, -0.1) is 11.3 Å². The Balaban J connectivity index is 1.35. The molecule has 6 nitrogen and oxygen atoms in total. The number of carbonyl (C=O) groups excluding carboxylic acids is 1. The number of hydrogen-bond acceptors (Lipinski definition) is 5. The van der Waals surface area contributed by atoms with E-state index in [0.717, 1.165) is 27.2 Å². The highest BCUT2D eigenvalue weighted by Crippen LogP contribution is 2.27. The van der Waals surface area contributed by atoms with Gasteiger partial charge in [-0.3, -0.25) is 14.6 Å². The molecule has 0 saturated heterocycles. The number of rotatable bonds is 5. The number of fused-ring (bicyclic) bond motifs is 1. The van der Waals surface area contributed by atoms with Crippen LogP contribution in [0.1, 0.15) is 20.9 Å². The number of nitrogens with one attached hydrogen (secondary N) is 2. The zero-order chi connectivity index (χ0) is 21.9. The molecule has 0 radical (unpaired) electrons. The summed E-state index contributed by atoms with van der Waals surface area (Å²) < 4.78 is 0. The number of anilines is 1. The lowest BCUT2D eigenvalue weighted by Crippen LogP contribution is -2.12. The summed E-state index contributed by atoms with van der Waals surface area (Å²) in [4.78, 5) is 30.7. The topological polar surface area (TPSA) is 87.7 Å². The Labute approximate surface area is 187 Å². The second kappa shape index (κ2) is 8.56. The lowest BCUT2D eigenvalue weighted by atomic mass is 10.0. The summed E-state index contributed by atoms with van der Waals surface area (Å²) in [6.45, 7) is 0. The number of nitrogens with zero attached hydrogens (tertiary/aromatic N) is 2. The zero-order valence-corrected chi connectivity index (χ0v) is 17.7. The first-order valence-corrected chi connectivity index (χ1v) is 10.9. The number of aromatic amines is 1. The summed E-state index contributed by atoms with van der Waals surface area (Å²) in [6.07, 6.45) is 2.27. The molecule has 0 saturated carbocycles. The van der Waals surface area contributed by atoms with Crippen LogP contribution >= 0.6 is 11.3 Å². The Morgan fingerprint density at radius 1 is 0.938 bits per heavy atom. The van der Waals surface area contributed by atoms with Crippen LogP contribution in [0.5, 0.6) is 0 Å². The van der Waals surface area contributed by atoms with Crippen molar-refractivity contribution >= 4 is 33.7 Å². The number of thiophene rings is 1. The lowest BCUT2D eigenvalue weighted by Gasteiger charge is -2.08. The Morgan fingerprint density at radius 3 is 2.62 bits per heavy atom. The summed E-state index contributed by atoms with van der Waals surface area (Å²) >= 11 is 1.40. The van der Waals surface area contributed by atoms with Crippen LogP contribution < -0.4 is 10.9 Å². The van der Waals surface area contributed by atoms with E-state index in [1.54, 1.807) is 12.3 Å². The molecule has 3 aromatic heterocycles. The fourth-order valence-corrected chi connectivity index (χ4v) is 4.44. The van der Waals surface area contributed by atoms with Crippen LogP contribution in [0.4, 0.5) is 5.69 Å². The number of aromatic nitrogens is 3. The molecule has 3 heterocycles. The normalized spacial score (nSPS) is 10.9. The number of amides is 1. The van der Waals surface area contributed by atoms with Crippen molar-refractivity contribution in [2.75, 3.05) is 5.32 Å². The first-order chi connectivity index (χ1) is 15.7. The molecule has 0 atom stereocenters. The second-order valence-electron chi connectivity index (χ2n) is 7.26. The SMILES string of the molecule is O=C(Nc1cccc(Cc2n[nH]c(=O)c3ccccc23)c1)c1ccc(-c2ccccn2)s1. The molecule has 0 aliphatic rings. The Morgan fingerprint density at radius 2 is 1.78 bits per heavy atom. The molecule has 2 N–H and O–H groups in total. The molecule has 0 spiro atoms. The minimum absolute atomic E-state index is 0.165. The van der Waals surface area contributed by atoms with Gasteiger partial charge in [-0.25, -0.2) is 5.10 Å². The van der Waals surface area contributed by atoms with Gasteiger partial charge in [-0.05, 0) is 48.0 Å². The van der Waals surface area contributed by atoms with Crippen LogP contribution in [0.25, 0.3) is 21.3 Å². The van der Waals surface area contributed by atoms with E-state index in [9.17, 15) is 9.59 Å². The van der Waals surface area contributed by atoms with Crippen molar-refractivity contribution in [3.63, 3.8) is 0 Å². The van der Waals surface area contributed by atoms with Crippen molar-refractivity contribution in [2.45, 2.75) is 6.42 Å². The molecule has 1 amide bonds. The largest absolute Gasteiger partial charge is 0.321 e. The molecule has 0 unspecified atom stereocenters. The third kappa shape index (κ3) is 4.06. The van der Waals surface area contributed by atoms with Gasteiger partial charge in [0.15, 0.2) is 0 Å². The highest BCUT2D eigenvalue weighted by atomic mass is 32.1. The summed E-state index contributed by atoms with van der Waals surface area (Å²) in [5.41, 5.74) is 3.11. The Bertz CT molecular complexity index is 1470. The molecule has 0 bridgehead atoms. The molecule has 5 rings (SSSR count). The van der Waals surface area contributed by atoms with Crippen LogP contribution in [0.15, 0.2) is 89.9 Å². The molecule has 0 aliphatic carbocycles. The van der Waals surface area contributed by atoms with Crippen LogP contribution in [0.2, 0.25) is 0 Å². The van der Waals surface area contributed by atoms with E-state index in [-0.39, 0.29) is 11.5 Å². The Hall–Kier alpha value is -4.10. The summed E-state index contributed by atoms with van der Waals surface area (Å²) in [5, 5.41) is 11.2. The summed E-state index contributed by atoms with van der Waals surface area (Å²) in [5.74, 6) is -0.165. The predicted octanol–water partition coefficient (Wildman–Crippen LogP) is 4.89. The van der Waals surface area contributed by atoms with Crippen LogP contribution in [0.3, 0.4) is 0 Å². The minimum Gasteiger partial charge on any atom is -0.321 e. The lowest BCUT2D eigenvalue weighted by molar-refractivity contribution is 0.103. The number of H-pyrrole nitrogens is 1.